The van der Waals surface area contributed by atoms with E-state index >= 15 is 0 Å². The Bertz CT molecular complexity index is 405. The molecule has 0 radical (unpaired) electrons. The maximum Gasteiger partial charge on any atom is 0.365 e. The topological polar surface area (TPSA) is 82.3 Å². The van der Waals surface area contributed by atoms with E-state index in [9.17, 15) is 9.59 Å². The summed E-state index contributed by atoms with van der Waals surface area (Å²) in [5, 5.41) is 1.78. The Kier molecular flexibility index (Phi) is 3.34. The Balaban J connectivity index is 2.71. The molecule has 5 nitrogen and oxygen atoms in total. The molecule has 0 unspecified atom stereocenters. The molecular weight excluding hydrogens is 204 g/mol. The molecule has 14 heavy (non-hydrogen) atoms. The molecule has 0 fully saturated rings. The van der Waals surface area contributed by atoms with Gasteiger partial charge in [-0.1, -0.05) is 0 Å². The van der Waals surface area contributed by atoms with Gasteiger partial charge in [-0.2, -0.15) is 0 Å². The van der Waals surface area contributed by atoms with Crippen LogP contribution in [0.5, 0.6) is 0 Å². The summed E-state index contributed by atoms with van der Waals surface area (Å²) in [6.45, 7) is -0.349. The van der Waals surface area contributed by atoms with Crippen LogP contribution in [-0.4, -0.2) is 23.5 Å². The van der Waals surface area contributed by atoms with E-state index in [0.29, 0.717) is 5.01 Å². The molecule has 1 heterocycles. The fourth-order valence-corrected chi connectivity index (χ4v) is 1.22. The fourth-order valence-electron chi connectivity index (χ4n) is 0.631. The summed E-state index contributed by atoms with van der Waals surface area (Å²) in [6, 6.07) is 0. The number of hydrogen-bond donors (Lipinski definition) is 1. The van der Waals surface area contributed by atoms with Crippen LogP contribution in [0.3, 0.4) is 0 Å². The average Bonchev–Trinajstić information content (AvgIpc) is 2.65. The first-order valence-electron chi connectivity index (χ1n) is 3.54. The van der Waals surface area contributed by atoms with E-state index in [0.717, 1.165) is 11.3 Å². The van der Waals surface area contributed by atoms with E-state index in [-0.39, 0.29) is 12.2 Å². The van der Waals surface area contributed by atoms with E-state index in [2.05, 4.69) is 15.6 Å². The molecule has 0 aliphatic rings. The number of thiazole rings is 1. The van der Waals surface area contributed by atoms with Gasteiger partial charge in [0, 0.05) is 5.38 Å². The quantitative estimate of drug-likeness (QED) is 0.414. The second kappa shape index (κ2) is 4.50. The van der Waals surface area contributed by atoms with E-state index in [1.165, 1.54) is 5.38 Å². The first kappa shape index (κ1) is 10.4. The van der Waals surface area contributed by atoms with Crippen molar-refractivity contribution in [1.82, 2.24) is 4.98 Å². The van der Waals surface area contributed by atoms with Crippen LogP contribution in [0.2, 0.25) is 0 Å². The van der Waals surface area contributed by atoms with Crippen LogP contribution in [0.15, 0.2) is 5.38 Å². The summed E-state index contributed by atoms with van der Waals surface area (Å²) in [5.41, 5.74) is 4.97. The van der Waals surface area contributed by atoms with Crippen molar-refractivity contribution in [2.45, 2.75) is 0 Å². The number of rotatable bonds is 2. The van der Waals surface area contributed by atoms with Gasteiger partial charge in [0.1, 0.15) is 0 Å². The van der Waals surface area contributed by atoms with Crippen LogP contribution in [0.25, 0.3) is 0 Å². The highest BCUT2D eigenvalue weighted by Gasteiger charge is 2.14. The number of carbonyl (C=O) groups excluding carboxylic acids is 2. The number of esters is 2. The number of nitrogens with two attached hydrogens (primary N) is 1. The first-order chi connectivity index (χ1) is 6.67. The zero-order valence-corrected chi connectivity index (χ0v) is 7.84. The molecule has 0 saturated heterocycles. The van der Waals surface area contributed by atoms with Gasteiger partial charge in [0.25, 0.3) is 0 Å². The summed E-state index contributed by atoms with van der Waals surface area (Å²) in [5.74, 6) is 0.624. The zero-order chi connectivity index (χ0) is 10.6. The minimum absolute atomic E-state index is 0.0183. The molecule has 0 amide bonds. The highest BCUT2D eigenvalue weighted by Crippen LogP contribution is 2.09. The van der Waals surface area contributed by atoms with Gasteiger partial charge >= 0.3 is 11.9 Å². The van der Waals surface area contributed by atoms with Crippen molar-refractivity contribution in [3.8, 4) is 12.3 Å². The summed E-state index contributed by atoms with van der Waals surface area (Å²) < 4.78 is 4.32. The van der Waals surface area contributed by atoms with Crippen molar-refractivity contribution < 1.29 is 14.3 Å². The predicted molar refractivity (Wildman–Crippen MR) is 49.5 cm³/mol. The molecule has 1 rings (SSSR count). The first-order valence-corrected chi connectivity index (χ1v) is 4.42. The second-order valence-electron chi connectivity index (χ2n) is 2.15. The van der Waals surface area contributed by atoms with Gasteiger partial charge in [0.05, 0.1) is 6.54 Å². The van der Waals surface area contributed by atoms with E-state index in [4.69, 9.17) is 12.2 Å². The second-order valence-corrected chi connectivity index (χ2v) is 3.01. The lowest BCUT2D eigenvalue weighted by atomic mass is 10.5. The lowest BCUT2D eigenvalue weighted by Gasteiger charge is -1.96. The van der Waals surface area contributed by atoms with E-state index in [1.807, 2.05) is 0 Å². The molecule has 1 aromatic heterocycles. The maximum absolute atomic E-state index is 11.1. The number of hydrogen-bond acceptors (Lipinski definition) is 6. The number of nitrogens with zero attached hydrogens (tertiary/aromatic N) is 1. The molecule has 2 N–H and O–H groups in total. The van der Waals surface area contributed by atoms with Crippen LogP contribution in [0.1, 0.15) is 15.5 Å². The lowest BCUT2D eigenvalue weighted by molar-refractivity contribution is -0.136. The summed E-state index contributed by atoms with van der Waals surface area (Å²) in [6.07, 6.45) is 5.05. The Morgan fingerprint density at radius 1 is 1.71 bits per heavy atom. The molecule has 0 aliphatic carbocycles. The monoisotopic (exact) mass is 210 g/mol. The number of aromatic nitrogens is 1. The van der Waals surface area contributed by atoms with Crippen molar-refractivity contribution in [3.63, 3.8) is 0 Å². The van der Waals surface area contributed by atoms with Crippen LogP contribution in [0.4, 0.5) is 0 Å². The van der Waals surface area contributed by atoms with Gasteiger partial charge in [0.2, 0.25) is 0 Å². The number of ether oxygens (including phenoxy) is 1. The molecule has 0 aromatic carbocycles. The van der Waals surface area contributed by atoms with Gasteiger partial charge in [-0.25, -0.2) is 9.78 Å². The highest BCUT2D eigenvalue weighted by atomic mass is 32.1. The smallest absolute Gasteiger partial charge is 0.365 e. The van der Waals surface area contributed by atoms with Crippen LogP contribution >= 0.6 is 11.3 Å². The molecule has 0 atom stereocenters. The largest absolute Gasteiger partial charge is 0.387 e. The molecular formula is C8H6N2O3S. The van der Waals surface area contributed by atoms with Gasteiger partial charge in [-0.05, 0) is 5.92 Å². The minimum Gasteiger partial charge on any atom is -0.387 e. The van der Waals surface area contributed by atoms with Crippen molar-refractivity contribution in [3.05, 3.63) is 16.1 Å². The van der Waals surface area contributed by atoms with Gasteiger partial charge in [0.15, 0.2) is 10.7 Å². The van der Waals surface area contributed by atoms with Crippen molar-refractivity contribution in [2.75, 3.05) is 6.54 Å². The standard InChI is InChI=1S/C8H6N2O3S/c1-2-6-10-5(4-14-6)8(12)13-7(11)3-9/h1,4H,3,9H2. The van der Waals surface area contributed by atoms with Crippen molar-refractivity contribution in [1.29, 1.82) is 0 Å². The number of terminal acetylenes is 1. The van der Waals surface area contributed by atoms with Crippen LogP contribution in [0, 0.1) is 12.3 Å². The number of carbonyl (C=O) groups is 2. The Labute approximate surface area is 83.9 Å². The molecule has 0 spiro atoms. The van der Waals surface area contributed by atoms with E-state index in [1.54, 1.807) is 0 Å². The van der Waals surface area contributed by atoms with Crippen LogP contribution < -0.4 is 5.73 Å². The average molecular weight is 210 g/mol. The van der Waals surface area contributed by atoms with E-state index < -0.39 is 11.9 Å². The normalized spacial score (nSPS) is 9.14. The molecule has 0 aliphatic heterocycles. The SMILES string of the molecule is C#Cc1nc(C(=O)OC(=O)CN)cs1. The third-order valence-electron chi connectivity index (χ3n) is 1.21. The van der Waals surface area contributed by atoms with Gasteiger partial charge < -0.3 is 10.5 Å². The maximum atomic E-state index is 11.1. The minimum atomic E-state index is -0.835. The zero-order valence-electron chi connectivity index (χ0n) is 7.02. The highest BCUT2D eigenvalue weighted by molar-refractivity contribution is 7.10. The fraction of sp³-hybridized carbons (Fsp3) is 0.125. The Morgan fingerprint density at radius 3 is 2.93 bits per heavy atom. The molecule has 6 heteroatoms. The molecule has 0 saturated carbocycles. The summed E-state index contributed by atoms with van der Waals surface area (Å²) in [4.78, 5) is 25.5. The predicted octanol–water partition coefficient (Wildman–Crippen LogP) is -0.234. The third kappa shape index (κ3) is 2.39. The summed E-state index contributed by atoms with van der Waals surface area (Å²) in [7, 11) is 0. The van der Waals surface area contributed by atoms with Crippen molar-refractivity contribution >= 4 is 23.3 Å². The van der Waals surface area contributed by atoms with Crippen molar-refractivity contribution in [2.24, 2.45) is 5.73 Å². The third-order valence-corrected chi connectivity index (χ3v) is 1.98. The Morgan fingerprint density at radius 2 is 2.43 bits per heavy atom. The Hall–Kier alpha value is -1.71. The summed E-state index contributed by atoms with van der Waals surface area (Å²) >= 11 is 1.12. The molecule has 0 bridgehead atoms. The van der Waals surface area contributed by atoms with Gasteiger partial charge in [-0.3, -0.25) is 4.79 Å². The molecule has 72 valence electrons. The lowest BCUT2D eigenvalue weighted by Crippen LogP contribution is -2.20. The molecule has 1 aromatic rings. The van der Waals surface area contributed by atoms with Gasteiger partial charge in [-0.15, -0.1) is 17.8 Å². The van der Waals surface area contributed by atoms with Crippen LogP contribution in [-0.2, 0) is 9.53 Å².